The Morgan fingerprint density at radius 3 is 2.38 bits per heavy atom. The molecule has 132 valence electrons. The number of nitrogens with one attached hydrogen (secondary N) is 1. The van der Waals surface area contributed by atoms with E-state index in [1.54, 1.807) is 18.2 Å². The van der Waals surface area contributed by atoms with Crippen LogP contribution in [0.5, 0.6) is 5.75 Å². The molecule has 3 aromatic rings. The summed E-state index contributed by atoms with van der Waals surface area (Å²) in [5, 5.41) is 12.7. The number of rotatable bonds is 7. The van der Waals surface area contributed by atoms with Gasteiger partial charge in [0.2, 0.25) is 0 Å². The van der Waals surface area contributed by atoms with E-state index in [4.69, 9.17) is 4.74 Å². The van der Waals surface area contributed by atoms with Crippen molar-refractivity contribution >= 4 is 27.6 Å². The Balaban J connectivity index is 1.72. The summed E-state index contributed by atoms with van der Waals surface area (Å²) in [4.78, 5) is 11.5. The molecule has 26 heavy (non-hydrogen) atoms. The van der Waals surface area contributed by atoms with E-state index < -0.39 is 5.97 Å². The number of halogens is 1. The minimum Gasteiger partial charge on any atom is -0.488 e. The normalized spacial score (nSPS) is 10.3. The highest BCUT2D eigenvalue weighted by Gasteiger charge is 2.12. The molecule has 0 amide bonds. The van der Waals surface area contributed by atoms with Gasteiger partial charge in [-0.3, -0.25) is 0 Å². The van der Waals surface area contributed by atoms with Gasteiger partial charge >= 0.3 is 5.97 Å². The van der Waals surface area contributed by atoms with Crippen LogP contribution in [0.25, 0.3) is 0 Å². The van der Waals surface area contributed by atoms with Crippen LogP contribution in [0.1, 0.15) is 21.5 Å². The fourth-order valence-corrected chi connectivity index (χ4v) is 2.73. The number of carboxylic acid groups (broad SMARTS) is 1. The highest BCUT2D eigenvalue weighted by molar-refractivity contribution is 9.10. The summed E-state index contributed by atoms with van der Waals surface area (Å²) in [6.45, 7) is 0.953. The van der Waals surface area contributed by atoms with Crippen LogP contribution < -0.4 is 10.1 Å². The predicted octanol–water partition coefficient (Wildman–Crippen LogP) is 5.34. The summed E-state index contributed by atoms with van der Waals surface area (Å²) < 4.78 is 6.80. The zero-order valence-electron chi connectivity index (χ0n) is 14.0. The van der Waals surface area contributed by atoms with E-state index in [2.05, 4.69) is 21.2 Å². The smallest absolute Gasteiger partial charge is 0.339 e. The number of anilines is 1. The van der Waals surface area contributed by atoms with E-state index in [1.807, 2.05) is 54.6 Å². The van der Waals surface area contributed by atoms with Gasteiger partial charge in [-0.1, -0.05) is 58.4 Å². The number of hydrogen-bond donors (Lipinski definition) is 2. The van der Waals surface area contributed by atoms with Crippen molar-refractivity contribution in [1.29, 1.82) is 0 Å². The van der Waals surface area contributed by atoms with Crippen LogP contribution in [-0.4, -0.2) is 11.1 Å². The van der Waals surface area contributed by atoms with Gasteiger partial charge in [0.05, 0.1) is 0 Å². The lowest BCUT2D eigenvalue weighted by Crippen LogP contribution is -2.05. The molecule has 5 heteroatoms. The fraction of sp³-hybridized carbons (Fsp3) is 0.0952. The lowest BCUT2D eigenvalue weighted by Gasteiger charge is -2.13. The Kier molecular flexibility index (Phi) is 5.92. The molecule has 0 aliphatic rings. The van der Waals surface area contributed by atoms with Crippen LogP contribution in [0.4, 0.5) is 5.69 Å². The van der Waals surface area contributed by atoms with Gasteiger partial charge in [-0.2, -0.15) is 0 Å². The van der Waals surface area contributed by atoms with E-state index in [1.165, 1.54) is 0 Å². The molecule has 0 radical (unpaired) electrons. The van der Waals surface area contributed by atoms with Crippen molar-refractivity contribution in [3.05, 3.63) is 94.0 Å². The quantitative estimate of drug-likeness (QED) is 0.550. The molecule has 4 nitrogen and oxygen atoms in total. The van der Waals surface area contributed by atoms with Crippen LogP contribution in [0.15, 0.2) is 77.3 Å². The summed E-state index contributed by atoms with van der Waals surface area (Å²) in [5.41, 5.74) is 3.07. The first-order valence-electron chi connectivity index (χ1n) is 8.14. The average molecular weight is 412 g/mol. The molecule has 0 spiro atoms. The van der Waals surface area contributed by atoms with Gasteiger partial charge in [0.1, 0.15) is 17.9 Å². The second-order valence-electron chi connectivity index (χ2n) is 5.77. The molecule has 0 heterocycles. The molecule has 3 aromatic carbocycles. The Morgan fingerprint density at radius 2 is 1.69 bits per heavy atom. The van der Waals surface area contributed by atoms with Crippen molar-refractivity contribution in [2.75, 3.05) is 5.32 Å². The Morgan fingerprint density at radius 1 is 0.962 bits per heavy atom. The zero-order valence-corrected chi connectivity index (χ0v) is 15.6. The Hall–Kier alpha value is -2.79. The number of aromatic carboxylic acids is 1. The molecule has 0 aliphatic heterocycles. The second kappa shape index (κ2) is 8.54. The van der Waals surface area contributed by atoms with E-state index in [0.29, 0.717) is 18.9 Å². The number of carboxylic acids is 1. The number of hydrogen-bond acceptors (Lipinski definition) is 3. The molecule has 0 fully saturated rings. The molecule has 0 saturated heterocycles. The van der Waals surface area contributed by atoms with E-state index >= 15 is 0 Å². The molecular formula is C21H18BrNO3. The minimum atomic E-state index is -1.01. The van der Waals surface area contributed by atoms with Crippen LogP contribution >= 0.6 is 15.9 Å². The van der Waals surface area contributed by atoms with Crippen molar-refractivity contribution in [2.24, 2.45) is 0 Å². The third kappa shape index (κ3) is 4.86. The van der Waals surface area contributed by atoms with Gasteiger partial charge in [-0.05, 0) is 35.4 Å². The maximum Gasteiger partial charge on any atom is 0.339 e. The maximum absolute atomic E-state index is 11.5. The molecule has 0 atom stereocenters. The third-order valence-electron chi connectivity index (χ3n) is 3.86. The molecule has 0 bridgehead atoms. The van der Waals surface area contributed by atoms with Gasteiger partial charge in [0.15, 0.2) is 0 Å². The number of carbonyl (C=O) groups is 1. The molecule has 2 N–H and O–H groups in total. The van der Waals surface area contributed by atoms with Crippen LogP contribution in [0.3, 0.4) is 0 Å². The van der Waals surface area contributed by atoms with Gasteiger partial charge in [-0.25, -0.2) is 4.79 Å². The zero-order chi connectivity index (χ0) is 18.4. The highest BCUT2D eigenvalue weighted by Crippen LogP contribution is 2.25. The van der Waals surface area contributed by atoms with E-state index in [9.17, 15) is 9.90 Å². The SMILES string of the molecule is O=C(O)c1ccc(NCc2ccc(Br)cc2)cc1OCc1ccccc1. The molecule has 0 aromatic heterocycles. The van der Waals surface area contributed by atoms with Gasteiger partial charge < -0.3 is 15.2 Å². The van der Waals surface area contributed by atoms with Crippen molar-refractivity contribution in [1.82, 2.24) is 0 Å². The molecule has 0 aliphatic carbocycles. The second-order valence-corrected chi connectivity index (χ2v) is 6.69. The maximum atomic E-state index is 11.5. The first kappa shape index (κ1) is 18.0. The Labute approximate surface area is 160 Å². The Bertz CT molecular complexity index is 880. The summed E-state index contributed by atoms with van der Waals surface area (Å²) in [6.07, 6.45) is 0. The topological polar surface area (TPSA) is 58.6 Å². The minimum absolute atomic E-state index is 0.148. The van der Waals surface area contributed by atoms with Crippen molar-refractivity contribution in [3.63, 3.8) is 0 Å². The largest absolute Gasteiger partial charge is 0.488 e. The number of benzene rings is 3. The first-order chi connectivity index (χ1) is 12.6. The summed E-state index contributed by atoms with van der Waals surface area (Å²) in [5.74, 6) is -0.658. The summed E-state index contributed by atoms with van der Waals surface area (Å²) in [7, 11) is 0. The highest BCUT2D eigenvalue weighted by atomic mass is 79.9. The summed E-state index contributed by atoms with van der Waals surface area (Å²) in [6, 6.07) is 22.7. The number of ether oxygens (including phenoxy) is 1. The van der Waals surface area contributed by atoms with E-state index in [-0.39, 0.29) is 5.56 Å². The molecule has 3 rings (SSSR count). The van der Waals surface area contributed by atoms with Crippen LogP contribution in [0, 0.1) is 0 Å². The van der Waals surface area contributed by atoms with Crippen molar-refractivity contribution in [2.45, 2.75) is 13.2 Å². The van der Waals surface area contributed by atoms with E-state index in [0.717, 1.165) is 21.3 Å². The fourth-order valence-electron chi connectivity index (χ4n) is 2.47. The van der Waals surface area contributed by atoms with Crippen LogP contribution in [-0.2, 0) is 13.2 Å². The lowest BCUT2D eigenvalue weighted by atomic mass is 10.1. The third-order valence-corrected chi connectivity index (χ3v) is 4.39. The molecule has 0 saturated carbocycles. The average Bonchev–Trinajstić information content (AvgIpc) is 2.66. The predicted molar refractivity (Wildman–Crippen MR) is 106 cm³/mol. The van der Waals surface area contributed by atoms with Gasteiger partial charge in [0, 0.05) is 22.8 Å². The lowest BCUT2D eigenvalue weighted by molar-refractivity contribution is 0.0692. The van der Waals surface area contributed by atoms with Crippen LogP contribution in [0.2, 0.25) is 0 Å². The van der Waals surface area contributed by atoms with Crippen molar-refractivity contribution < 1.29 is 14.6 Å². The first-order valence-corrected chi connectivity index (χ1v) is 8.93. The standard InChI is InChI=1S/C21H18BrNO3/c22-17-8-6-15(7-9-17)13-23-18-10-11-19(21(24)25)20(12-18)26-14-16-4-2-1-3-5-16/h1-12,23H,13-14H2,(H,24,25). The van der Waals surface area contributed by atoms with Gasteiger partial charge in [0.25, 0.3) is 0 Å². The summed E-state index contributed by atoms with van der Waals surface area (Å²) >= 11 is 3.42. The molecule has 0 unspecified atom stereocenters. The molecular weight excluding hydrogens is 394 g/mol. The monoisotopic (exact) mass is 411 g/mol. The van der Waals surface area contributed by atoms with Gasteiger partial charge in [-0.15, -0.1) is 0 Å². The van der Waals surface area contributed by atoms with Crippen molar-refractivity contribution in [3.8, 4) is 5.75 Å².